The van der Waals surface area contributed by atoms with E-state index < -0.39 is 15.6 Å². The number of benzene rings is 1. The maximum absolute atomic E-state index is 12.8. The molecule has 11 heteroatoms. The molecule has 2 aliphatic rings. The van der Waals surface area contributed by atoms with Crippen LogP contribution in [0.3, 0.4) is 0 Å². The summed E-state index contributed by atoms with van der Waals surface area (Å²) in [6, 6.07) is 7.04. The minimum Gasteiger partial charge on any atom is -0.490 e. The van der Waals surface area contributed by atoms with Crippen molar-refractivity contribution in [3.8, 4) is 11.4 Å². The van der Waals surface area contributed by atoms with Gasteiger partial charge in [0.2, 0.25) is 10.0 Å². The fourth-order valence-corrected chi connectivity index (χ4v) is 5.17. The lowest BCUT2D eigenvalue weighted by Crippen LogP contribution is -2.41. The van der Waals surface area contributed by atoms with Crippen LogP contribution in [0.4, 0.5) is 5.69 Å². The van der Waals surface area contributed by atoms with Gasteiger partial charge in [0, 0.05) is 26.2 Å². The minimum atomic E-state index is -3.16. The van der Waals surface area contributed by atoms with Crippen LogP contribution < -0.4 is 15.6 Å². The summed E-state index contributed by atoms with van der Waals surface area (Å²) in [7, 11) is -3.16. The van der Waals surface area contributed by atoms with Crippen LogP contribution >= 0.6 is 11.6 Å². The second kappa shape index (κ2) is 10.4. The van der Waals surface area contributed by atoms with E-state index in [0.29, 0.717) is 62.1 Å². The molecule has 0 amide bonds. The van der Waals surface area contributed by atoms with E-state index in [0.717, 1.165) is 19.4 Å². The zero-order valence-electron chi connectivity index (χ0n) is 18.6. The Morgan fingerprint density at radius 1 is 1.21 bits per heavy atom. The Bertz CT molecular complexity index is 1110. The molecule has 180 valence electrons. The first-order chi connectivity index (χ1) is 15.8. The van der Waals surface area contributed by atoms with E-state index in [9.17, 15) is 13.2 Å². The molecular formula is C22H29ClN4O5S. The number of anilines is 1. The van der Waals surface area contributed by atoms with Gasteiger partial charge >= 0.3 is 0 Å². The number of rotatable bonds is 7. The maximum Gasteiger partial charge on any atom is 0.292 e. The number of halogens is 1. The summed E-state index contributed by atoms with van der Waals surface area (Å²) in [6.07, 6.45) is 6.13. The molecule has 2 fully saturated rings. The number of hydrogen-bond acceptors (Lipinski definition) is 7. The van der Waals surface area contributed by atoms with Crippen LogP contribution in [0.1, 0.15) is 25.7 Å². The molecule has 0 unspecified atom stereocenters. The number of sulfonamides is 1. The Morgan fingerprint density at radius 3 is 2.58 bits per heavy atom. The van der Waals surface area contributed by atoms with Crippen molar-refractivity contribution >= 4 is 27.3 Å². The maximum atomic E-state index is 12.8. The average Bonchev–Trinajstić information content (AvgIpc) is 2.81. The van der Waals surface area contributed by atoms with Crippen molar-refractivity contribution in [1.29, 1.82) is 0 Å². The van der Waals surface area contributed by atoms with Crippen LogP contribution in [-0.2, 0) is 14.8 Å². The van der Waals surface area contributed by atoms with Crippen LogP contribution in [-0.4, -0.2) is 67.7 Å². The molecule has 1 N–H and O–H groups in total. The normalized spacial score (nSPS) is 20.5. The zero-order chi connectivity index (χ0) is 23.4. The van der Waals surface area contributed by atoms with Crippen LogP contribution in [0.25, 0.3) is 5.69 Å². The van der Waals surface area contributed by atoms with Gasteiger partial charge in [-0.2, -0.15) is 9.78 Å². The molecule has 4 rings (SSSR count). The third-order valence-electron chi connectivity index (χ3n) is 6.01. The smallest absolute Gasteiger partial charge is 0.292 e. The highest BCUT2D eigenvalue weighted by Crippen LogP contribution is 2.23. The summed E-state index contributed by atoms with van der Waals surface area (Å²) in [4.78, 5) is 12.8. The first-order valence-electron chi connectivity index (χ1n) is 11.1. The van der Waals surface area contributed by atoms with E-state index in [1.54, 1.807) is 30.5 Å². The van der Waals surface area contributed by atoms with Gasteiger partial charge in [-0.3, -0.25) is 4.79 Å². The van der Waals surface area contributed by atoms with Crippen LogP contribution in [0, 0.1) is 5.92 Å². The molecule has 3 heterocycles. The lowest BCUT2D eigenvalue weighted by Gasteiger charge is -2.30. The SMILES string of the molecule is CS(=O)(=O)N1CCC(Oc2ccc(-n3ncc(NC[C@@H]4CCCOC4)c(Cl)c3=O)cc2)CC1. The summed E-state index contributed by atoms with van der Waals surface area (Å²) in [5.74, 6) is 1.05. The van der Waals surface area contributed by atoms with Gasteiger partial charge in [0.25, 0.3) is 5.56 Å². The molecule has 0 aliphatic carbocycles. The number of aromatic nitrogens is 2. The predicted octanol–water partition coefficient (Wildman–Crippen LogP) is 2.53. The van der Waals surface area contributed by atoms with E-state index in [4.69, 9.17) is 21.1 Å². The van der Waals surface area contributed by atoms with Crippen molar-refractivity contribution in [3.05, 3.63) is 45.8 Å². The van der Waals surface area contributed by atoms with Gasteiger partial charge in [-0.25, -0.2) is 12.7 Å². The molecule has 1 aromatic heterocycles. The lowest BCUT2D eigenvalue weighted by atomic mass is 10.0. The Hall–Kier alpha value is -2.14. The Labute approximate surface area is 198 Å². The first kappa shape index (κ1) is 24.0. The highest BCUT2D eigenvalue weighted by atomic mass is 35.5. The summed E-state index contributed by atoms with van der Waals surface area (Å²) in [5.41, 5.74) is 0.695. The molecule has 0 bridgehead atoms. The minimum absolute atomic E-state index is 0.0518. The largest absolute Gasteiger partial charge is 0.490 e. The molecule has 2 aromatic rings. The van der Waals surface area contributed by atoms with E-state index in [-0.39, 0.29) is 11.1 Å². The van der Waals surface area contributed by atoms with Crippen LogP contribution in [0.5, 0.6) is 5.75 Å². The highest BCUT2D eigenvalue weighted by Gasteiger charge is 2.26. The molecular weight excluding hydrogens is 468 g/mol. The Kier molecular flexibility index (Phi) is 7.58. The van der Waals surface area contributed by atoms with E-state index in [2.05, 4.69) is 10.4 Å². The fourth-order valence-electron chi connectivity index (χ4n) is 4.10. The van der Waals surface area contributed by atoms with Crippen LogP contribution in [0.15, 0.2) is 35.3 Å². The van der Waals surface area contributed by atoms with Crippen molar-refractivity contribution in [2.75, 3.05) is 44.4 Å². The molecule has 0 spiro atoms. The number of nitrogens with one attached hydrogen (secondary N) is 1. The van der Waals surface area contributed by atoms with Crippen molar-refractivity contribution in [2.45, 2.75) is 31.8 Å². The molecule has 0 radical (unpaired) electrons. The van der Waals surface area contributed by atoms with Gasteiger partial charge in [-0.1, -0.05) is 11.6 Å². The lowest BCUT2D eigenvalue weighted by molar-refractivity contribution is 0.0595. The highest BCUT2D eigenvalue weighted by molar-refractivity contribution is 7.88. The fraction of sp³-hybridized carbons (Fsp3) is 0.545. The third-order valence-corrected chi connectivity index (χ3v) is 7.68. The molecule has 2 aliphatic heterocycles. The summed E-state index contributed by atoms with van der Waals surface area (Å²) >= 11 is 6.33. The number of ether oxygens (including phenoxy) is 2. The van der Waals surface area contributed by atoms with Crippen molar-refractivity contribution in [1.82, 2.24) is 14.1 Å². The Balaban J connectivity index is 1.37. The van der Waals surface area contributed by atoms with Gasteiger partial charge in [-0.05, 0) is 55.9 Å². The quantitative estimate of drug-likeness (QED) is 0.628. The third kappa shape index (κ3) is 6.06. The molecule has 1 aromatic carbocycles. The molecule has 0 saturated carbocycles. The van der Waals surface area contributed by atoms with Crippen molar-refractivity contribution in [2.24, 2.45) is 5.92 Å². The van der Waals surface area contributed by atoms with E-state index in [1.165, 1.54) is 15.2 Å². The summed E-state index contributed by atoms with van der Waals surface area (Å²) in [5, 5.41) is 7.59. The van der Waals surface area contributed by atoms with Crippen molar-refractivity contribution in [3.63, 3.8) is 0 Å². The summed E-state index contributed by atoms with van der Waals surface area (Å²) in [6.45, 7) is 3.10. The van der Waals surface area contributed by atoms with Gasteiger partial charge in [0.05, 0.1) is 30.4 Å². The standard InChI is InChI=1S/C22H29ClN4O5S/c1-33(29,30)26-10-8-19(9-11-26)32-18-6-4-17(5-7-18)27-22(28)21(23)20(14-25-27)24-13-16-3-2-12-31-15-16/h4-7,14,16,19,24H,2-3,8-13,15H2,1H3/t16-/m0/s1. The second-order valence-corrected chi connectivity index (χ2v) is 10.9. The number of nitrogens with zero attached hydrogens (tertiary/aromatic N) is 3. The van der Waals surface area contributed by atoms with Crippen molar-refractivity contribution < 1.29 is 17.9 Å². The van der Waals surface area contributed by atoms with Gasteiger partial charge < -0.3 is 14.8 Å². The second-order valence-electron chi connectivity index (χ2n) is 8.53. The monoisotopic (exact) mass is 496 g/mol. The zero-order valence-corrected chi connectivity index (χ0v) is 20.1. The number of piperidine rings is 1. The first-order valence-corrected chi connectivity index (χ1v) is 13.4. The van der Waals surface area contributed by atoms with E-state index in [1.807, 2.05) is 0 Å². The number of hydrogen-bond donors (Lipinski definition) is 1. The molecule has 1 atom stereocenters. The van der Waals surface area contributed by atoms with E-state index >= 15 is 0 Å². The van der Waals surface area contributed by atoms with Gasteiger partial charge in [0.1, 0.15) is 16.9 Å². The molecule has 2 saturated heterocycles. The molecule has 9 nitrogen and oxygen atoms in total. The van der Waals surface area contributed by atoms with Gasteiger partial charge in [0.15, 0.2) is 0 Å². The Morgan fingerprint density at radius 2 is 1.94 bits per heavy atom. The summed E-state index contributed by atoms with van der Waals surface area (Å²) < 4.78 is 37.5. The molecule has 33 heavy (non-hydrogen) atoms. The topological polar surface area (TPSA) is 103 Å². The van der Waals surface area contributed by atoms with Gasteiger partial charge in [-0.15, -0.1) is 0 Å². The van der Waals surface area contributed by atoms with Crippen LogP contribution in [0.2, 0.25) is 5.02 Å². The average molecular weight is 497 g/mol. The predicted molar refractivity (Wildman–Crippen MR) is 127 cm³/mol.